The van der Waals surface area contributed by atoms with Crippen LogP contribution in [-0.4, -0.2) is 52.6 Å². The molecule has 5 nitrogen and oxygen atoms in total. The Balaban J connectivity index is 0.00000178. The quantitative estimate of drug-likeness (QED) is 0.355. The molecule has 0 radical (unpaired) electrons. The molecule has 0 spiro atoms. The Morgan fingerprint density at radius 1 is 0.718 bits per heavy atom. The molecule has 2 aliphatic rings. The van der Waals surface area contributed by atoms with Crippen molar-refractivity contribution in [2.24, 2.45) is 0 Å². The topological polar surface area (TPSA) is 62.2 Å². The van der Waals surface area contributed by atoms with Gasteiger partial charge in [0.2, 0.25) is 0 Å². The summed E-state index contributed by atoms with van der Waals surface area (Å²) in [5.41, 5.74) is 2.68. The minimum absolute atomic E-state index is 0. The average Bonchev–Trinajstić information content (AvgIpc) is 2.88. The summed E-state index contributed by atoms with van der Waals surface area (Å²) < 4.78 is 39.1. The third kappa shape index (κ3) is 8.01. The summed E-state index contributed by atoms with van der Waals surface area (Å²) in [7, 11) is 0. The first-order chi connectivity index (χ1) is 17.4. The van der Waals surface area contributed by atoms with Gasteiger partial charge in [-0.25, -0.2) is 8.78 Å². The lowest BCUT2D eigenvalue weighted by Crippen LogP contribution is -2.48. The highest BCUT2D eigenvalue weighted by atomic mass is 19.1. The molecule has 0 amide bonds. The van der Waals surface area contributed by atoms with Crippen LogP contribution >= 0.6 is 0 Å². The van der Waals surface area contributed by atoms with E-state index in [1.165, 1.54) is 24.3 Å². The fourth-order valence-electron chi connectivity index (χ4n) is 5.11. The van der Waals surface area contributed by atoms with Gasteiger partial charge in [-0.15, -0.1) is 0 Å². The lowest BCUT2D eigenvalue weighted by atomic mass is 9.97. The zero-order valence-corrected chi connectivity index (χ0v) is 20.0. The van der Waals surface area contributed by atoms with E-state index in [2.05, 4.69) is 0 Å². The molecule has 0 saturated heterocycles. The molecule has 3 aromatic carbocycles. The number of halogens is 2. The van der Waals surface area contributed by atoms with Gasteiger partial charge in [-0.2, -0.15) is 0 Å². The molecule has 2 aliphatic heterocycles. The summed E-state index contributed by atoms with van der Waals surface area (Å²) >= 11 is 0. The molecule has 2 heterocycles. The SMILES string of the molecule is C.C.C.OC(CN(Cc1ccccc1)CC(O)C1CCc2cc(F)ccc2O1)C1CCc2cc(F)ccc2O1. The standard InChI is InChI=1S/C29H31F2NO4.3CH4/c30-22-8-12-26-20(14-22)6-10-28(35-26)24(33)17-32(16-19-4-2-1-3-5-19)18-25(34)29-11-7-21-15-23(31)9-13-27(21)36-29;;;/h1-5,8-9,12-15,24-25,28-29,33-34H,6-7,10-11,16-18H2;3*1H4. The molecular formula is C32H43F2NO4. The minimum atomic E-state index is -0.796. The van der Waals surface area contributed by atoms with E-state index >= 15 is 0 Å². The number of hydrogen-bond acceptors (Lipinski definition) is 5. The third-order valence-electron chi connectivity index (χ3n) is 7.00. The first kappa shape index (κ1) is 32.2. The maximum absolute atomic E-state index is 13.5. The second-order valence-corrected chi connectivity index (χ2v) is 9.71. The van der Waals surface area contributed by atoms with Gasteiger partial charge in [-0.05, 0) is 78.8 Å². The van der Waals surface area contributed by atoms with Crippen LogP contribution in [0, 0.1) is 11.6 Å². The second-order valence-electron chi connectivity index (χ2n) is 9.71. The lowest BCUT2D eigenvalue weighted by molar-refractivity contribution is -0.0295. The summed E-state index contributed by atoms with van der Waals surface area (Å²) in [5.74, 6) is 0.619. The number of aryl methyl sites for hydroxylation is 2. The highest BCUT2D eigenvalue weighted by Crippen LogP contribution is 2.31. The molecule has 2 N–H and O–H groups in total. The number of benzene rings is 3. The summed E-state index contributed by atoms with van der Waals surface area (Å²) in [6.45, 7) is 1.13. The van der Waals surface area contributed by atoms with Crippen molar-refractivity contribution in [2.45, 2.75) is 78.9 Å². The van der Waals surface area contributed by atoms with Gasteiger partial charge >= 0.3 is 0 Å². The minimum Gasteiger partial charge on any atom is -0.487 e. The number of rotatable bonds is 8. The van der Waals surface area contributed by atoms with Crippen LogP contribution in [0.4, 0.5) is 8.78 Å². The Kier molecular flexibility index (Phi) is 11.9. The molecule has 214 valence electrons. The van der Waals surface area contributed by atoms with E-state index in [9.17, 15) is 19.0 Å². The van der Waals surface area contributed by atoms with Crippen LogP contribution in [0.1, 0.15) is 51.8 Å². The normalized spacial score (nSPS) is 19.0. The summed E-state index contributed by atoms with van der Waals surface area (Å²) in [6.07, 6.45) is -0.0167. The number of hydrogen-bond donors (Lipinski definition) is 2. The van der Waals surface area contributed by atoms with Gasteiger partial charge in [0.15, 0.2) is 0 Å². The van der Waals surface area contributed by atoms with Gasteiger partial charge < -0.3 is 19.7 Å². The monoisotopic (exact) mass is 543 g/mol. The smallest absolute Gasteiger partial charge is 0.126 e. The fourth-order valence-corrected chi connectivity index (χ4v) is 5.11. The van der Waals surface area contributed by atoms with Crippen molar-refractivity contribution >= 4 is 0 Å². The van der Waals surface area contributed by atoms with Crippen molar-refractivity contribution in [1.29, 1.82) is 0 Å². The van der Waals surface area contributed by atoms with E-state index in [-0.39, 0.29) is 33.9 Å². The predicted molar refractivity (Wildman–Crippen MR) is 152 cm³/mol. The number of ether oxygens (including phenoxy) is 2. The van der Waals surface area contributed by atoms with Gasteiger partial charge in [0.05, 0.1) is 0 Å². The predicted octanol–water partition coefficient (Wildman–Crippen LogP) is 6.18. The van der Waals surface area contributed by atoms with Crippen molar-refractivity contribution < 1.29 is 28.5 Å². The van der Waals surface area contributed by atoms with E-state index in [1.54, 1.807) is 12.1 Å². The van der Waals surface area contributed by atoms with Crippen LogP contribution in [0.2, 0.25) is 0 Å². The van der Waals surface area contributed by atoms with Gasteiger partial charge in [-0.1, -0.05) is 52.6 Å². The summed E-state index contributed by atoms with van der Waals surface area (Å²) in [5, 5.41) is 22.2. The zero-order chi connectivity index (χ0) is 25.1. The van der Waals surface area contributed by atoms with E-state index in [1.807, 2.05) is 35.2 Å². The maximum atomic E-state index is 13.5. The van der Waals surface area contributed by atoms with E-state index in [0.29, 0.717) is 56.8 Å². The summed E-state index contributed by atoms with van der Waals surface area (Å²) in [6, 6.07) is 18.8. The Labute approximate surface area is 232 Å². The van der Waals surface area contributed by atoms with Crippen molar-refractivity contribution in [2.75, 3.05) is 13.1 Å². The zero-order valence-electron chi connectivity index (χ0n) is 20.0. The van der Waals surface area contributed by atoms with Gasteiger partial charge in [0, 0.05) is 19.6 Å². The number of aliphatic hydroxyl groups is 2. The van der Waals surface area contributed by atoms with Crippen LogP contribution < -0.4 is 9.47 Å². The third-order valence-corrected chi connectivity index (χ3v) is 7.00. The summed E-state index contributed by atoms with van der Waals surface area (Å²) in [4.78, 5) is 2.01. The Morgan fingerprint density at radius 3 is 1.64 bits per heavy atom. The molecule has 39 heavy (non-hydrogen) atoms. The number of nitrogens with zero attached hydrogens (tertiary/aromatic N) is 1. The van der Waals surface area contributed by atoms with Crippen LogP contribution in [0.15, 0.2) is 66.7 Å². The Bertz CT molecular complexity index is 1100. The van der Waals surface area contributed by atoms with Crippen molar-refractivity contribution in [1.82, 2.24) is 4.90 Å². The Morgan fingerprint density at radius 2 is 1.18 bits per heavy atom. The van der Waals surface area contributed by atoms with E-state index in [0.717, 1.165) is 16.7 Å². The van der Waals surface area contributed by atoms with Crippen LogP contribution in [0.3, 0.4) is 0 Å². The first-order valence-electron chi connectivity index (χ1n) is 12.5. The van der Waals surface area contributed by atoms with E-state index in [4.69, 9.17) is 9.47 Å². The van der Waals surface area contributed by atoms with Crippen LogP contribution in [0.5, 0.6) is 11.5 Å². The molecule has 0 aromatic heterocycles. The molecule has 0 fully saturated rings. The highest BCUT2D eigenvalue weighted by molar-refractivity contribution is 5.37. The second kappa shape index (κ2) is 14.4. The number of aliphatic hydroxyl groups excluding tert-OH is 2. The van der Waals surface area contributed by atoms with Crippen molar-refractivity contribution in [3.8, 4) is 11.5 Å². The van der Waals surface area contributed by atoms with Crippen LogP contribution in [-0.2, 0) is 19.4 Å². The molecule has 3 aromatic rings. The largest absolute Gasteiger partial charge is 0.487 e. The average molecular weight is 544 g/mol. The maximum Gasteiger partial charge on any atom is 0.126 e. The number of fused-ring (bicyclic) bond motifs is 2. The molecule has 0 bridgehead atoms. The first-order valence-corrected chi connectivity index (χ1v) is 12.5. The molecule has 4 unspecified atom stereocenters. The molecule has 0 saturated carbocycles. The van der Waals surface area contributed by atoms with Crippen molar-refractivity contribution in [3.63, 3.8) is 0 Å². The van der Waals surface area contributed by atoms with Crippen LogP contribution in [0.25, 0.3) is 0 Å². The van der Waals surface area contributed by atoms with Gasteiger partial charge in [0.1, 0.15) is 47.5 Å². The lowest BCUT2D eigenvalue weighted by Gasteiger charge is -2.35. The van der Waals surface area contributed by atoms with Gasteiger partial charge in [0.25, 0.3) is 0 Å². The molecule has 4 atom stereocenters. The Hall–Kier alpha value is -3.00. The molecule has 5 rings (SSSR count). The van der Waals surface area contributed by atoms with Gasteiger partial charge in [-0.3, -0.25) is 4.90 Å². The fraction of sp³-hybridized carbons (Fsp3) is 0.438. The molecule has 7 heteroatoms. The van der Waals surface area contributed by atoms with Crippen molar-refractivity contribution in [3.05, 3.63) is 95.1 Å². The molecular weight excluding hydrogens is 500 g/mol. The highest BCUT2D eigenvalue weighted by Gasteiger charge is 2.32. The molecule has 0 aliphatic carbocycles. The van der Waals surface area contributed by atoms with E-state index < -0.39 is 24.4 Å².